The quantitative estimate of drug-likeness (QED) is 0.343. The number of nitrogens with zero attached hydrogens (tertiary/aromatic N) is 3. The molecule has 0 fully saturated rings. The van der Waals surface area contributed by atoms with Gasteiger partial charge in [-0.1, -0.05) is 31.4 Å². The predicted octanol–water partition coefficient (Wildman–Crippen LogP) is 0.660. The van der Waals surface area contributed by atoms with E-state index in [1.807, 2.05) is 6.92 Å². The van der Waals surface area contributed by atoms with Gasteiger partial charge in [0, 0.05) is 12.1 Å². The molecule has 0 aliphatic heterocycles. The van der Waals surface area contributed by atoms with E-state index in [2.05, 4.69) is 33.4 Å². The van der Waals surface area contributed by atoms with Crippen LogP contribution >= 0.6 is 0 Å². The molecule has 1 rings (SSSR count). The number of anilines is 2. The van der Waals surface area contributed by atoms with Gasteiger partial charge in [-0.2, -0.15) is 4.99 Å². The smallest absolute Gasteiger partial charge is 0.302 e. The minimum absolute atomic E-state index is 0.0725. The number of rotatable bonds is 6. The van der Waals surface area contributed by atoms with Gasteiger partial charge in [-0.3, -0.25) is 4.79 Å². The first-order valence-electron chi connectivity index (χ1n) is 6.45. The lowest BCUT2D eigenvalue weighted by atomic mass is 10.1. The number of hydrogen-bond donors (Lipinski definition) is 4. The summed E-state index contributed by atoms with van der Waals surface area (Å²) in [5.74, 6) is -0.795. The van der Waals surface area contributed by atoms with Crippen molar-refractivity contribution in [2.75, 3.05) is 17.6 Å². The summed E-state index contributed by atoms with van der Waals surface area (Å²) in [6.45, 7) is 9.82. The van der Waals surface area contributed by atoms with E-state index in [-0.39, 0.29) is 17.5 Å². The van der Waals surface area contributed by atoms with Crippen molar-refractivity contribution in [3.05, 3.63) is 42.8 Å². The molecule has 0 aliphatic carbocycles. The second-order valence-corrected chi connectivity index (χ2v) is 4.09. The molecule has 0 aliphatic rings. The van der Waals surface area contributed by atoms with Gasteiger partial charge in [-0.05, 0) is 6.92 Å². The maximum Gasteiger partial charge on any atom is 0.302 e. The summed E-state index contributed by atoms with van der Waals surface area (Å²) in [5, 5.41) is 3.02. The first-order valence-corrected chi connectivity index (χ1v) is 6.45. The van der Waals surface area contributed by atoms with Crippen LogP contribution < -0.4 is 22.5 Å². The molecule has 0 unspecified atom stereocenters. The molecule has 0 bridgehead atoms. The van der Waals surface area contributed by atoms with E-state index in [1.54, 1.807) is 18.2 Å². The van der Waals surface area contributed by atoms with Crippen molar-refractivity contribution >= 4 is 29.1 Å². The highest BCUT2D eigenvalue weighted by atomic mass is 16.1. The lowest BCUT2D eigenvalue weighted by Crippen LogP contribution is -2.25. The summed E-state index contributed by atoms with van der Waals surface area (Å²) < 4.78 is 0. The van der Waals surface area contributed by atoms with E-state index in [1.165, 1.54) is 0 Å². The van der Waals surface area contributed by atoms with E-state index in [4.69, 9.17) is 17.2 Å². The van der Waals surface area contributed by atoms with E-state index in [0.717, 1.165) is 0 Å². The molecule has 22 heavy (non-hydrogen) atoms. The van der Waals surface area contributed by atoms with Gasteiger partial charge in [0.25, 0.3) is 0 Å². The zero-order valence-electron chi connectivity index (χ0n) is 12.3. The lowest BCUT2D eigenvalue weighted by Gasteiger charge is -2.12. The average Bonchev–Trinajstić information content (AvgIpc) is 2.45. The molecule has 7 N–H and O–H groups in total. The number of carbonyl (C=O) groups is 1. The SMILES string of the molecule is C=C/C=C(\C=C)c1nc(C(=O)N=C(N)N)c(N)nc1NCC. The minimum Gasteiger partial charge on any atom is -0.382 e. The second kappa shape index (κ2) is 7.58. The van der Waals surface area contributed by atoms with Crippen molar-refractivity contribution in [3.8, 4) is 0 Å². The van der Waals surface area contributed by atoms with Crippen LogP contribution in [0.25, 0.3) is 5.57 Å². The Balaban J connectivity index is 3.54. The number of nitrogen functional groups attached to an aromatic ring is 1. The van der Waals surface area contributed by atoms with Gasteiger partial charge in [-0.25, -0.2) is 9.97 Å². The molecule has 8 nitrogen and oxygen atoms in total. The predicted molar refractivity (Wildman–Crippen MR) is 89.1 cm³/mol. The van der Waals surface area contributed by atoms with E-state index >= 15 is 0 Å². The highest BCUT2D eigenvalue weighted by Crippen LogP contribution is 2.24. The van der Waals surface area contributed by atoms with Gasteiger partial charge in [0.15, 0.2) is 23.3 Å². The molecule has 1 amide bonds. The Kier molecular flexibility index (Phi) is 5.82. The van der Waals surface area contributed by atoms with Gasteiger partial charge < -0.3 is 22.5 Å². The van der Waals surface area contributed by atoms with Gasteiger partial charge in [0.1, 0.15) is 5.69 Å². The number of aliphatic imine (C=N–C) groups is 1. The Morgan fingerprint density at radius 3 is 2.50 bits per heavy atom. The molecular weight excluding hydrogens is 282 g/mol. The molecule has 1 aromatic rings. The molecule has 1 aromatic heterocycles. The Hall–Kier alpha value is -3.16. The van der Waals surface area contributed by atoms with Crippen LogP contribution in [0.3, 0.4) is 0 Å². The van der Waals surface area contributed by atoms with Crippen molar-refractivity contribution in [1.82, 2.24) is 9.97 Å². The van der Waals surface area contributed by atoms with Crippen LogP contribution in [0.1, 0.15) is 23.1 Å². The van der Waals surface area contributed by atoms with Crippen molar-refractivity contribution in [3.63, 3.8) is 0 Å². The molecule has 116 valence electrons. The second-order valence-electron chi connectivity index (χ2n) is 4.09. The molecule has 0 atom stereocenters. The Morgan fingerprint density at radius 1 is 1.32 bits per heavy atom. The van der Waals surface area contributed by atoms with Crippen molar-refractivity contribution < 1.29 is 4.79 Å². The Labute approximate surface area is 128 Å². The summed E-state index contributed by atoms with van der Waals surface area (Å²) in [7, 11) is 0. The number of amides is 1. The maximum absolute atomic E-state index is 12.0. The molecule has 0 saturated carbocycles. The third kappa shape index (κ3) is 3.92. The maximum atomic E-state index is 12.0. The van der Waals surface area contributed by atoms with Crippen LogP contribution in [-0.4, -0.2) is 28.4 Å². The van der Waals surface area contributed by atoms with Crippen LogP contribution in [0, 0.1) is 0 Å². The van der Waals surface area contributed by atoms with Crippen LogP contribution in [0.4, 0.5) is 11.6 Å². The highest BCUT2D eigenvalue weighted by Gasteiger charge is 2.18. The van der Waals surface area contributed by atoms with Gasteiger partial charge >= 0.3 is 5.91 Å². The summed E-state index contributed by atoms with van der Waals surface area (Å²) in [6.07, 6.45) is 4.82. The highest BCUT2D eigenvalue weighted by molar-refractivity contribution is 6.03. The van der Waals surface area contributed by atoms with Gasteiger partial charge in [0.05, 0.1) is 0 Å². The molecule has 0 saturated heterocycles. The van der Waals surface area contributed by atoms with E-state index < -0.39 is 5.91 Å². The zero-order valence-corrected chi connectivity index (χ0v) is 12.3. The standard InChI is InChI=1S/C14H19N7O/c1-4-7-8(5-2)9-12(18-6-3)20-11(15)10(19-9)13(22)21-14(16)17/h4-5,7H,1-2,6H2,3H3,(H3,15,18,20)(H4,16,17,21,22)/b8-7+. The summed E-state index contributed by atoms with van der Waals surface area (Å²) in [6, 6.07) is 0. The number of nitrogens with one attached hydrogen (secondary N) is 1. The fourth-order valence-electron chi connectivity index (χ4n) is 1.64. The van der Waals surface area contributed by atoms with Gasteiger partial charge in [0.2, 0.25) is 0 Å². The molecule has 1 heterocycles. The third-order valence-electron chi connectivity index (χ3n) is 2.49. The Bertz CT molecular complexity index is 657. The molecular formula is C14H19N7O. The fourth-order valence-corrected chi connectivity index (χ4v) is 1.64. The summed E-state index contributed by atoms with van der Waals surface area (Å²) in [5.41, 5.74) is 17.0. The number of carbonyl (C=O) groups excluding carboxylic acids is 1. The Morgan fingerprint density at radius 2 is 2.00 bits per heavy atom. The number of hydrogen-bond acceptors (Lipinski definition) is 5. The lowest BCUT2D eigenvalue weighted by molar-refractivity contribution is 0.0998. The number of aromatic nitrogens is 2. The van der Waals surface area contributed by atoms with Crippen LogP contribution in [0.2, 0.25) is 0 Å². The van der Waals surface area contributed by atoms with E-state index in [9.17, 15) is 4.79 Å². The molecule has 0 aromatic carbocycles. The molecule has 0 spiro atoms. The first kappa shape index (κ1) is 16.9. The van der Waals surface area contributed by atoms with Crippen molar-refractivity contribution in [2.45, 2.75) is 6.92 Å². The minimum atomic E-state index is -0.767. The summed E-state index contributed by atoms with van der Waals surface area (Å²) >= 11 is 0. The molecule has 0 radical (unpaired) electrons. The first-order chi connectivity index (χ1) is 10.4. The molecule has 8 heteroatoms. The van der Waals surface area contributed by atoms with Crippen LogP contribution in [0.15, 0.2) is 36.4 Å². The zero-order chi connectivity index (χ0) is 16.7. The van der Waals surface area contributed by atoms with Crippen molar-refractivity contribution in [2.24, 2.45) is 16.5 Å². The van der Waals surface area contributed by atoms with Crippen LogP contribution in [-0.2, 0) is 0 Å². The normalized spacial score (nSPS) is 10.7. The third-order valence-corrected chi connectivity index (χ3v) is 2.49. The number of nitrogens with two attached hydrogens (primary N) is 3. The topological polar surface area (TPSA) is 145 Å². The fraction of sp³-hybridized carbons (Fsp3) is 0.143. The number of allylic oxidation sites excluding steroid dienone is 4. The van der Waals surface area contributed by atoms with Crippen molar-refractivity contribution in [1.29, 1.82) is 0 Å². The van der Waals surface area contributed by atoms with Gasteiger partial charge in [-0.15, -0.1) is 0 Å². The monoisotopic (exact) mass is 301 g/mol. The van der Waals surface area contributed by atoms with E-state index in [0.29, 0.717) is 23.6 Å². The summed E-state index contributed by atoms with van der Waals surface area (Å²) in [4.78, 5) is 23.8. The average molecular weight is 301 g/mol. The van der Waals surface area contributed by atoms with Crippen LogP contribution in [0.5, 0.6) is 0 Å². The number of guanidine groups is 1. The largest absolute Gasteiger partial charge is 0.382 e.